The highest BCUT2D eigenvalue weighted by Crippen LogP contribution is 2.57. The van der Waals surface area contributed by atoms with Crippen molar-refractivity contribution in [3.05, 3.63) is 93.4 Å². The first kappa shape index (κ1) is 49.8. The zero-order chi connectivity index (χ0) is 46.0. The van der Waals surface area contributed by atoms with E-state index in [2.05, 4.69) is 123 Å². The van der Waals surface area contributed by atoms with Crippen molar-refractivity contribution in [1.82, 2.24) is 8.75 Å². The van der Waals surface area contributed by atoms with Crippen LogP contribution in [0.25, 0.3) is 53.5 Å². The second-order valence-corrected chi connectivity index (χ2v) is 23.0. The van der Waals surface area contributed by atoms with Crippen molar-refractivity contribution in [3.8, 4) is 42.4 Å². The van der Waals surface area contributed by atoms with E-state index in [1.807, 2.05) is 22.7 Å². The number of fused-ring (bicyclic) bond motifs is 4. The van der Waals surface area contributed by atoms with Gasteiger partial charge in [0.05, 0.1) is 11.7 Å². The summed E-state index contributed by atoms with van der Waals surface area (Å²) in [6.45, 7) is 21.3. The van der Waals surface area contributed by atoms with E-state index in [1.54, 1.807) is 11.1 Å². The third-order valence-corrected chi connectivity index (χ3v) is 18.8. The van der Waals surface area contributed by atoms with Crippen LogP contribution in [0, 0.1) is 0 Å². The Morgan fingerprint density at radius 3 is 1.57 bits per heavy atom. The quantitative estimate of drug-likeness (QED) is 0.0481. The fourth-order valence-electron chi connectivity index (χ4n) is 11.0. The fourth-order valence-corrected chi connectivity index (χ4v) is 14.1. The molecular weight excluding hydrogens is 845 g/mol. The normalized spacial score (nSPS) is 13.4. The largest absolute Gasteiger partial charge is 0.172 e. The SMILES string of the molecule is CCCCCCc1cc(-c2ccc(-c3cc(CCCCCC)c(C(C)C)s3)c3nsnc23)sc1-c1ccc2c(c1)C(CCCCCC)(CCCCCC)c1cc(C(C)(CC)CC)ccc1-2. The minimum atomic E-state index is 0.0444. The van der Waals surface area contributed by atoms with E-state index in [4.69, 9.17) is 8.75 Å². The van der Waals surface area contributed by atoms with Gasteiger partial charge in [0.25, 0.3) is 0 Å². The lowest BCUT2D eigenvalue weighted by atomic mass is 9.68. The number of hydrogen-bond donors (Lipinski definition) is 0. The summed E-state index contributed by atoms with van der Waals surface area (Å²) in [5.41, 5.74) is 17.1. The molecule has 350 valence electrons. The van der Waals surface area contributed by atoms with Crippen molar-refractivity contribution in [1.29, 1.82) is 0 Å². The smallest absolute Gasteiger partial charge is 0.114 e. The van der Waals surface area contributed by atoms with Crippen LogP contribution in [0.2, 0.25) is 0 Å². The molecule has 65 heavy (non-hydrogen) atoms. The summed E-state index contributed by atoms with van der Waals surface area (Å²) in [6, 6.07) is 25.2. The molecule has 0 saturated carbocycles. The average molecular weight is 928 g/mol. The first-order chi connectivity index (χ1) is 31.7. The van der Waals surface area contributed by atoms with Crippen molar-refractivity contribution in [2.45, 2.75) is 220 Å². The maximum atomic E-state index is 5.06. The predicted molar refractivity (Wildman–Crippen MR) is 291 cm³/mol. The first-order valence-corrected chi connectivity index (χ1v) is 28.8. The summed E-state index contributed by atoms with van der Waals surface area (Å²) < 4.78 is 10.1. The van der Waals surface area contributed by atoms with E-state index in [1.165, 1.54) is 211 Å². The lowest BCUT2D eigenvalue weighted by molar-refractivity contribution is 0.397. The Balaban J connectivity index is 1.33. The molecule has 3 aromatic heterocycles. The molecule has 0 saturated heterocycles. The Morgan fingerprint density at radius 2 is 1.02 bits per heavy atom. The highest BCUT2D eigenvalue weighted by atomic mass is 32.1. The van der Waals surface area contributed by atoms with Gasteiger partial charge in [-0.25, -0.2) is 0 Å². The number of rotatable bonds is 27. The van der Waals surface area contributed by atoms with Crippen LogP contribution in [-0.2, 0) is 23.7 Å². The molecule has 3 heterocycles. The maximum absolute atomic E-state index is 5.06. The van der Waals surface area contributed by atoms with Gasteiger partial charge >= 0.3 is 0 Å². The van der Waals surface area contributed by atoms with Gasteiger partial charge in [-0.05, 0) is 125 Å². The summed E-state index contributed by atoms with van der Waals surface area (Å²) in [7, 11) is 0. The van der Waals surface area contributed by atoms with Crippen LogP contribution in [0.15, 0.2) is 60.7 Å². The van der Waals surface area contributed by atoms with Gasteiger partial charge in [-0.3, -0.25) is 0 Å². The van der Waals surface area contributed by atoms with E-state index in [0.29, 0.717) is 5.92 Å². The van der Waals surface area contributed by atoms with E-state index in [9.17, 15) is 0 Å². The summed E-state index contributed by atoms with van der Waals surface area (Å²) in [6.07, 6.45) is 27.8. The number of aromatic nitrogens is 2. The van der Waals surface area contributed by atoms with Crippen molar-refractivity contribution in [2.75, 3.05) is 0 Å². The van der Waals surface area contributed by atoms with Gasteiger partial charge in [0.2, 0.25) is 0 Å². The number of thiophene rings is 2. The molecule has 6 aromatic rings. The summed E-state index contributed by atoms with van der Waals surface area (Å²) in [5.74, 6) is 0.523. The second kappa shape index (κ2) is 23.3. The molecule has 0 unspecified atom stereocenters. The van der Waals surface area contributed by atoms with Gasteiger partial charge < -0.3 is 0 Å². The molecule has 0 bridgehead atoms. The van der Waals surface area contributed by atoms with Gasteiger partial charge in [-0.15, -0.1) is 22.7 Å². The zero-order valence-corrected chi connectivity index (χ0v) is 44.5. The number of hydrogen-bond acceptors (Lipinski definition) is 5. The lowest BCUT2D eigenvalue weighted by Crippen LogP contribution is -2.27. The molecule has 2 nitrogen and oxygen atoms in total. The number of benzene rings is 3. The van der Waals surface area contributed by atoms with Gasteiger partial charge in [0.15, 0.2) is 0 Å². The molecule has 0 atom stereocenters. The molecule has 0 radical (unpaired) electrons. The Morgan fingerprint density at radius 1 is 0.523 bits per heavy atom. The fraction of sp³-hybridized carbons (Fsp3) is 0.567. The monoisotopic (exact) mass is 927 g/mol. The Kier molecular flexibility index (Phi) is 17.8. The number of unbranched alkanes of at least 4 members (excludes halogenated alkanes) is 12. The summed E-state index contributed by atoms with van der Waals surface area (Å²) in [4.78, 5) is 5.67. The summed E-state index contributed by atoms with van der Waals surface area (Å²) in [5, 5.41) is 0. The van der Waals surface area contributed by atoms with Gasteiger partial charge in [-0.1, -0.05) is 195 Å². The lowest BCUT2D eigenvalue weighted by Gasteiger charge is -2.35. The highest BCUT2D eigenvalue weighted by molar-refractivity contribution is 7.19. The molecule has 0 aliphatic heterocycles. The minimum Gasteiger partial charge on any atom is -0.172 e. The van der Waals surface area contributed by atoms with Crippen molar-refractivity contribution >= 4 is 45.4 Å². The molecule has 1 aliphatic rings. The van der Waals surface area contributed by atoms with Crippen molar-refractivity contribution in [2.24, 2.45) is 0 Å². The van der Waals surface area contributed by atoms with Crippen molar-refractivity contribution in [3.63, 3.8) is 0 Å². The van der Waals surface area contributed by atoms with E-state index >= 15 is 0 Å². The van der Waals surface area contributed by atoms with E-state index < -0.39 is 0 Å². The van der Waals surface area contributed by atoms with Crippen LogP contribution in [0.3, 0.4) is 0 Å². The average Bonchev–Trinajstić information content (AvgIpc) is 4.14. The molecule has 5 heteroatoms. The van der Waals surface area contributed by atoms with Crippen LogP contribution >= 0.6 is 34.4 Å². The topological polar surface area (TPSA) is 25.8 Å². The Bertz CT molecular complexity index is 2420. The van der Waals surface area contributed by atoms with Crippen LogP contribution in [0.4, 0.5) is 0 Å². The first-order valence-electron chi connectivity index (χ1n) is 26.5. The van der Waals surface area contributed by atoms with Crippen molar-refractivity contribution < 1.29 is 0 Å². The number of nitrogens with zero attached hydrogens (tertiary/aromatic N) is 2. The molecule has 7 rings (SSSR count). The third-order valence-electron chi connectivity index (χ3n) is 15.5. The van der Waals surface area contributed by atoms with Crippen LogP contribution in [-0.4, -0.2) is 8.75 Å². The molecule has 0 N–H and O–H groups in total. The van der Waals surface area contributed by atoms with E-state index in [-0.39, 0.29) is 10.8 Å². The van der Waals surface area contributed by atoms with E-state index in [0.717, 1.165) is 17.5 Å². The molecule has 1 aliphatic carbocycles. The molecule has 0 fully saturated rings. The Hall–Kier alpha value is -3.12. The minimum absolute atomic E-state index is 0.0444. The number of aryl methyl sites for hydroxylation is 2. The summed E-state index contributed by atoms with van der Waals surface area (Å²) >= 11 is 5.36. The second-order valence-electron chi connectivity index (χ2n) is 20.4. The van der Waals surface area contributed by atoms with Gasteiger partial charge in [0, 0.05) is 36.1 Å². The predicted octanol–water partition coefficient (Wildman–Crippen LogP) is 20.5. The molecular formula is C60H82N2S3. The highest BCUT2D eigenvalue weighted by Gasteiger charge is 2.43. The van der Waals surface area contributed by atoms with Gasteiger partial charge in [0.1, 0.15) is 11.0 Å². The third kappa shape index (κ3) is 10.8. The molecule has 0 spiro atoms. The molecule has 0 amide bonds. The maximum Gasteiger partial charge on any atom is 0.114 e. The van der Waals surface area contributed by atoms with Crippen LogP contribution < -0.4 is 0 Å². The standard InChI is InChI=1S/C60H82N2S3/c1-10-16-20-24-28-43-39-53(63-57(43)42(7)8)49-34-35-50(56-55(49)61-65-62-56)54-40-44(29-25-21-17-11-2)58(64-54)45-30-32-47-48-33-31-46(59(9,14-5)15-6)41-52(48)60(51(47)38-45,36-26-22-18-12-3)37-27-23-19-13-4/h30-35,38-42H,10-29,36-37H2,1-9H3. The zero-order valence-electron chi connectivity index (χ0n) is 42.0. The molecule has 3 aromatic carbocycles. The Labute approximate surface area is 407 Å². The van der Waals surface area contributed by atoms with Gasteiger partial charge in [-0.2, -0.15) is 8.75 Å². The van der Waals surface area contributed by atoms with Crippen LogP contribution in [0.1, 0.15) is 229 Å². The van der Waals surface area contributed by atoms with Crippen LogP contribution in [0.5, 0.6) is 0 Å².